The molecule has 27 heavy (non-hydrogen) atoms. The van der Waals surface area contributed by atoms with Crippen LogP contribution in [0.3, 0.4) is 0 Å². The molecular weight excluding hydrogens is 358 g/mol. The molecule has 2 aromatic rings. The van der Waals surface area contributed by atoms with E-state index in [9.17, 15) is 4.79 Å². The SMILES string of the molecule is COc1ccc2c(c1)[C@H](NC(=O)[C@H](C)SCc1ccccc1)CC(C)(C)O2. The molecule has 0 radical (unpaired) electrons. The maximum atomic E-state index is 12.8. The van der Waals surface area contributed by atoms with Gasteiger partial charge >= 0.3 is 0 Å². The number of carbonyl (C=O) groups excluding carboxylic acids is 1. The van der Waals surface area contributed by atoms with Gasteiger partial charge in [-0.15, -0.1) is 11.8 Å². The largest absolute Gasteiger partial charge is 0.497 e. The van der Waals surface area contributed by atoms with E-state index < -0.39 is 0 Å². The van der Waals surface area contributed by atoms with Gasteiger partial charge in [0.25, 0.3) is 0 Å². The molecule has 5 heteroatoms. The number of benzene rings is 2. The number of rotatable bonds is 6. The third-order valence-corrected chi connectivity index (χ3v) is 5.92. The van der Waals surface area contributed by atoms with Crippen LogP contribution in [0.2, 0.25) is 0 Å². The minimum atomic E-state index is -0.333. The second-order valence-corrected chi connectivity index (χ2v) is 8.80. The van der Waals surface area contributed by atoms with Crippen LogP contribution in [-0.4, -0.2) is 23.9 Å². The normalized spacial score (nSPS) is 18.7. The van der Waals surface area contributed by atoms with Crippen molar-refractivity contribution < 1.29 is 14.3 Å². The molecule has 0 unspecified atom stereocenters. The van der Waals surface area contributed by atoms with Crippen molar-refractivity contribution in [2.75, 3.05) is 7.11 Å². The maximum Gasteiger partial charge on any atom is 0.233 e. The Morgan fingerprint density at radius 3 is 2.74 bits per heavy atom. The van der Waals surface area contributed by atoms with Crippen LogP contribution in [-0.2, 0) is 10.5 Å². The van der Waals surface area contributed by atoms with Crippen molar-refractivity contribution in [1.82, 2.24) is 5.32 Å². The van der Waals surface area contributed by atoms with Crippen LogP contribution < -0.4 is 14.8 Å². The van der Waals surface area contributed by atoms with Crippen LogP contribution in [0.5, 0.6) is 11.5 Å². The third kappa shape index (κ3) is 4.98. The van der Waals surface area contributed by atoms with Crippen molar-refractivity contribution >= 4 is 17.7 Å². The molecule has 0 bridgehead atoms. The van der Waals surface area contributed by atoms with E-state index in [0.29, 0.717) is 0 Å². The van der Waals surface area contributed by atoms with Gasteiger partial charge in [-0.05, 0) is 44.5 Å². The van der Waals surface area contributed by atoms with Crippen molar-refractivity contribution in [1.29, 1.82) is 0 Å². The molecule has 0 aliphatic carbocycles. The van der Waals surface area contributed by atoms with Gasteiger partial charge in [-0.3, -0.25) is 4.79 Å². The number of nitrogens with one attached hydrogen (secondary N) is 1. The molecule has 0 saturated heterocycles. The van der Waals surface area contributed by atoms with E-state index >= 15 is 0 Å². The first-order valence-corrected chi connectivity index (χ1v) is 10.3. The van der Waals surface area contributed by atoms with E-state index in [1.807, 2.05) is 57.2 Å². The fraction of sp³-hybridized carbons (Fsp3) is 0.409. The highest BCUT2D eigenvalue weighted by atomic mass is 32.2. The zero-order valence-electron chi connectivity index (χ0n) is 16.3. The second kappa shape index (κ2) is 8.26. The Kier molecular flexibility index (Phi) is 6.00. The summed E-state index contributed by atoms with van der Waals surface area (Å²) in [6, 6.07) is 15.9. The van der Waals surface area contributed by atoms with Crippen LogP contribution in [0.1, 0.15) is 44.4 Å². The Morgan fingerprint density at radius 2 is 2.04 bits per heavy atom. The number of methoxy groups -OCH3 is 1. The number of amides is 1. The summed E-state index contributed by atoms with van der Waals surface area (Å²) in [7, 11) is 1.64. The van der Waals surface area contributed by atoms with Gasteiger partial charge in [0.1, 0.15) is 17.1 Å². The zero-order chi connectivity index (χ0) is 19.4. The molecule has 3 rings (SSSR count). The first-order valence-electron chi connectivity index (χ1n) is 9.21. The van der Waals surface area contributed by atoms with Gasteiger partial charge < -0.3 is 14.8 Å². The van der Waals surface area contributed by atoms with E-state index in [-0.39, 0.29) is 22.8 Å². The highest BCUT2D eigenvalue weighted by molar-refractivity contribution is 7.99. The van der Waals surface area contributed by atoms with Gasteiger partial charge in [-0.1, -0.05) is 30.3 Å². The summed E-state index contributed by atoms with van der Waals surface area (Å²) >= 11 is 1.65. The van der Waals surface area contributed by atoms with Gasteiger partial charge in [0.2, 0.25) is 5.91 Å². The fourth-order valence-corrected chi connectivity index (χ4v) is 4.10. The van der Waals surface area contributed by atoms with Gasteiger partial charge in [-0.2, -0.15) is 0 Å². The Morgan fingerprint density at radius 1 is 1.30 bits per heavy atom. The molecule has 2 aromatic carbocycles. The third-order valence-electron chi connectivity index (χ3n) is 4.70. The molecule has 1 amide bonds. The van der Waals surface area contributed by atoms with Gasteiger partial charge in [0.05, 0.1) is 18.4 Å². The number of hydrogen-bond acceptors (Lipinski definition) is 4. The first kappa shape index (κ1) is 19.6. The van der Waals surface area contributed by atoms with Crippen LogP contribution in [0.25, 0.3) is 0 Å². The Hall–Kier alpha value is -2.14. The summed E-state index contributed by atoms with van der Waals surface area (Å²) in [6.45, 7) is 6.06. The van der Waals surface area contributed by atoms with E-state index in [0.717, 1.165) is 29.2 Å². The minimum absolute atomic E-state index is 0.0485. The van der Waals surface area contributed by atoms with E-state index in [4.69, 9.17) is 9.47 Å². The van der Waals surface area contributed by atoms with E-state index in [1.54, 1.807) is 18.9 Å². The summed E-state index contributed by atoms with van der Waals surface area (Å²) in [5.41, 5.74) is 1.87. The van der Waals surface area contributed by atoms with Crippen molar-refractivity contribution in [2.24, 2.45) is 0 Å². The first-order chi connectivity index (χ1) is 12.9. The number of thioether (sulfide) groups is 1. The average molecular weight is 386 g/mol. The van der Waals surface area contributed by atoms with Gasteiger partial charge in [0, 0.05) is 17.7 Å². The number of hydrogen-bond donors (Lipinski definition) is 1. The Bertz CT molecular complexity index is 791. The smallest absolute Gasteiger partial charge is 0.233 e. The summed E-state index contributed by atoms with van der Waals surface area (Å²) in [5.74, 6) is 2.44. The quantitative estimate of drug-likeness (QED) is 0.780. The maximum absolute atomic E-state index is 12.8. The fourth-order valence-electron chi connectivity index (χ4n) is 3.25. The molecule has 1 N–H and O–H groups in total. The second-order valence-electron chi connectivity index (χ2n) is 7.47. The van der Waals surface area contributed by atoms with E-state index in [2.05, 4.69) is 17.4 Å². The van der Waals surface area contributed by atoms with Crippen molar-refractivity contribution in [3.8, 4) is 11.5 Å². The minimum Gasteiger partial charge on any atom is -0.497 e. The lowest BCUT2D eigenvalue weighted by atomic mass is 9.89. The summed E-state index contributed by atoms with van der Waals surface area (Å²) < 4.78 is 11.4. The molecule has 1 heterocycles. The average Bonchev–Trinajstić information content (AvgIpc) is 2.65. The summed E-state index contributed by atoms with van der Waals surface area (Å²) in [6.07, 6.45) is 0.717. The van der Waals surface area contributed by atoms with E-state index in [1.165, 1.54) is 5.56 Å². The van der Waals surface area contributed by atoms with Crippen LogP contribution in [0.4, 0.5) is 0 Å². The molecule has 1 aliphatic heterocycles. The Labute approximate surface area is 165 Å². The van der Waals surface area contributed by atoms with Crippen LogP contribution in [0.15, 0.2) is 48.5 Å². The number of ether oxygens (including phenoxy) is 2. The summed E-state index contributed by atoms with van der Waals surface area (Å²) in [4.78, 5) is 12.8. The lowest BCUT2D eigenvalue weighted by molar-refractivity contribution is -0.121. The molecule has 0 saturated carbocycles. The lowest BCUT2D eigenvalue weighted by Crippen LogP contribution is -2.43. The van der Waals surface area contributed by atoms with Crippen LogP contribution in [0, 0.1) is 0 Å². The molecule has 2 atom stereocenters. The molecule has 0 fully saturated rings. The molecule has 4 nitrogen and oxygen atoms in total. The summed E-state index contributed by atoms with van der Waals surface area (Å²) in [5, 5.41) is 3.09. The predicted molar refractivity (Wildman–Crippen MR) is 110 cm³/mol. The Balaban J connectivity index is 1.69. The molecule has 144 valence electrons. The molecule has 0 aromatic heterocycles. The van der Waals surface area contributed by atoms with Crippen molar-refractivity contribution in [3.63, 3.8) is 0 Å². The highest BCUT2D eigenvalue weighted by Crippen LogP contribution is 2.41. The van der Waals surface area contributed by atoms with Crippen molar-refractivity contribution in [3.05, 3.63) is 59.7 Å². The molecular formula is C22H27NO3S. The molecule has 1 aliphatic rings. The topological polar surface area (TPSA) is 47.6 Å². The number of carbonyl (C=O) groups is 1. The molecule has 0 spiro atoms. The standard InChI is InChI=1S/C22H27NO3S/c1-15(27-14-16-8-6-5-7-9-16)21(24)23-19-13-22(2,3)26-20-11-10-17(25-4)12-18(19)20/h5-12,15,19H,13-14H2,1-4H3,(H,23,24)/t15-,19+/m0/s1. The van der Waals surface area contributed by atoms with Gasteiger partial charge in [0.15, 0.2) is 0 Å². The predicted octanol–water partition coefficient (Wildman–Crippen LogP) is 4.74. The highest BCUT2D eigenvalue weighted by Gasteiger charge is 2.35. The number of fused-ring (bicyclic) bond motifs is 1. The van der Waals surface area contributed by atoms with Crippen molar-refractivity contribution in [2.45, 2.75) is 49.8 Å². The lowest BCUT2D eigenvalue weighted by Gasteiger charge is -2.38. The van der Waals surface area contributed by atoms with Gasteiger partial charge in [-0.25, -0.2) is 0 Å². The van der Waals surface area contributed by atoms with Crippen LogP contribution >= 0.6 is 11.8 Å². The zero-order valence-corrected chi connectivity index (χ0v) is 17.1. The monoisotopic (exact) mass is 385 g/mol.